The molecule has 1 heterocycles. The Bertz CT molecular complexity index is 360. The van der Waals surface area contributed by atoms with Gasteiger partial charge in [-0.25, -0.2) is 0 Å². The van der Waals surface area contributed by atoms with Gasteiger partial charge >= 0.3 is 0 Å². The number of nitrogens with one attached hydrogen (secondary N) is 1. The van der Waals surface area contributed by atoms with Crippen LogP contribution in [0.3, 0.4) is 0 Å². The lowest BCUT2D eigenvalue weighted by Gasteiger charge is -2.08. The maximum absolute atomic E-state index is 11.4. The maximum Gasteiger partial charge on any atom is 0.250 e. The zero-order valence-corrected chi connectivity index (χ0v) is 10.7. The lowest BCUT2D eigenvalue weighted by Crippen LogP contribution is -2.28. The van der Waals surface area contributed by atoms with Gasteiger partial charge in [-0.1, -0.05) is 19.9 Å². The van der Waals surface area contributed by atoms with Crippen molar-refractivity contribution in [3.63, 3.8) is 0 Å². The molecule has 0 bridgehead atoms. The Labute approximate surface area is 103 Å². The van der Waals surface area contributed by atoms with E-state index in [1.165, 1.54) is 0 Å². The summed E-state index contributed by atoms with van der Waals surface area (Å²) in [5.41, 5.74) is 0.0466. The first kappa shape index (κ1) is 13.9. The van der Waals surface area contributed by atoms with Gasteiger partial charge in [0.25, 0.3) is 5.56 Å². The Morgan fingerprint density at radius 3 is 2.88 bits per heavy atom. The fraction of sp³-hybridized carbons (Fsp3) is 0.615. The van der Waals surface area contributed by atoms with Crippen molar-refractivity contribution in [2.75, 3.05) is 26.3 Å². The first-order valence-corrected chi connectivity index (χ1v) is 6.14. The number of hydrogen-bond donors (Lipinski definition) is 1. The van der Waals surface area contributed by atoms with Crippen molar-refractivity contribution in [2.24, 2.45) is 5.92 Å². The SMILES string of the molecule is CC(C)COCCNCCn1ccccc1=O. The highest BCUT2D eigenvalue weighted by Crippen LogP contribution is 1.90. The Morgan fingerprint density at radius 1 is 1.35 bits per heavy atom. The minimum atomic E-state index is 0.0466. The van der Waals surface area contributed by atoms with E-state index in [1.807, 2.05) is 6.07 Å². The molecule has 1 rings (SSSR count). The average molecular weight is 238 g/mol. The largest absolute Gasteiger partial charge is 0.380 e. The summed E-state index contributed by atoms with van der Waals surface area (Å²) in [5, 5.41) is 3.25. The summed E-state index contributed by atoms with van der Waals surface area (Å²) in [6, 6.07) is 5.20. The summed E-state index contributed by atoms with van der Waals surface area (Å²) >= 11 is 0. The highest BCUT2D eigenvalue weighted by molar-refractivity contribution is 4.93. The van der Waals surface area contributed by atoms with Gasteiger partial charge < -0.3 is 14.6 Å². The van der Waals surface area contributed by atoms with Gasteiger partial charge in [-0.2, -0.15) is 0 Å². The highest BCUT2D eigenvalue weighted by atomic mass is 16.5. The second kappa shape index (κ2) is 8.03. The number of pyridine rings is 1. The molecule has 0 aliphatic rings. The van der Waals surface area contributed by atoms with Crippen LogP contribution in [-0.4, -0.2) is 30.9 Å². The third-order valence-corrected chi connectivity index (χ3v) is 2.30. The van der Waals surface area contributed by atoms with Crippen LogP contribution in [0.5, 0.6) is 0 Å². The Kier molecular flexibility index (Phi) is 6.58. The number of rotatable bonds is 8. The van der Waals surface area contributed by atoms with Gasteiger partial charge in [0.1, 0.15) is 0 Å². The van der Waals surface area contributed by atoms with Gasteiger partial charge in [-0.05, 0) is 12.0 Å². The van der Waals surface area contributed by atoms with Crippen molar-refractivity contribution in [3.05, 3.63) is 34.7 Å². The number of aromatic nitrogens is 1. The quantitative estimate of drug-likeness (QED) is 0.690. The number of ether oxygens (including phenoxy) is 1. The van der Waals surface area contributed by atoms with Crippen LogP contribution in [0.2, 0.25) is 0 Å². The van der Waals surface area contributed by atoms with Crippen molar-refractivity contribution in [1.82, 2.24) is 9.88 Å². The van der Waals surface area contributed by atoms with Gasteiger partial charge in [0.2, 0.25) is 0 Å². The second-order valence-corrected chi connectivity index (χ2v) is 4.45. The predicted molar refractivity (Wildman–Crippen MR) is 69.2 cm³/mol. The molecule has 4 heteroatoms. The molecule has 0 fully saturated rings. The van der Waals surface area contributed by atoms with Crippen molar-refractivity contribution >= 4 is 0 Å². The van der Waals surface area contributed by atoms with Gasteiger partial charge in [0.15, 0.2) is 0 Å². The zero-order chi connectivity index (χ0) is 12.5. The molecule has 0 unspecified atom stereocenters. The van der Waals surface area contributed by atoms with E-state index in [9.17, 15) is 4.79 Å². The van der Waals surface area contributed by atoms with E-state index in [-0.39, 0.29) is 5.56 Å². The third-order valence-electron chi connectivity index (χ3n) is 2.30. The van der Waals surface area contributed by atoms with Crippen LogP contribution in [0, 0.1) is 5.92 Å². The van der Waals surface area contributed by atoms with Gasteiger partial charge in [0, 0.05) is 38.5 Å². The van der Waals surface area contributed by atoms with E-state index >= 15 is 0 Å². The smallest absolute Gasteiger partial charge is 0.250 e. The van der Waals surface area contributed by atoms with Crippen LogP contribution in [0.1, 0.15) is 13.8 Å². The van der Waals surface area contributed by atoms with Gasteiger partial charge in [0.05, 0.1) is 6.61 Å². The minimum Gasteiger partial charge on any atom is -0.380 e. The summed E-state index contributed by atoms with van der Waals surface area (Å²) in [5.74, 6) is 0.581. The Morgan fingerprint density at radius 2 is 2.18 bits per heavy atom. The van der Waals surface area contributed by atoms with E-state index in [2.05, 4.69) is 19.2 Å². The molecule has 0 aromatic carbocycles. The molecule has 0 aliphatic heterocycles. The molecule has 0 atom stereocenters. The average Bonchev–Trinajstić information content (AvgIpc) is 2.30. The van der Waals surface area contributed by atoms with Crippen LogP contribution in [-0.2, 0) is 11.3 Å². The molecule has 0 saturated heterocycles. The lowest BCUT2D eigenvalue weighted by molar-refractivity contribution is 0.112. The minimum absolute atomic E-state index is 0.0466. The molecule has 0 aliphatic carbocycles. The standard InChI is InChI=1S/C13H22N2O2/c1-12(2)11-17-10-7-14-6-9-15-8-4-3-5-13(15)16/h3-5,8,12,14H,6-7,9-11H2,1-2H3. The number of nitrogens with zero attached hydrogens (tertiary/aromatic N) is 1. The molecule has 17 heavy (non-hydrogen) atoms. The topological polar surface area (TPSA) is 43.3 Å². The molecular formula is C13H22N2O2. The molecule has 0 radical (unpaired) electrons. The van der Waals surface area contributed by atoms with Crippen LogP contribution in [0.15, 0.2) is 29.2 Å². The number of hydrogen-bond acceptors (Lipinski definition) is 3. The third kappa shape index (κ3) is 6.24. The molecule has 1 N–H and O–H groups in total. The van der Waals surface area contributed by atoms with Crippen LogP contribution < -0.4 is 10.9 Å². The summed E-state index contributed by atoms with van der Waals surface area (Å²) in [7, 11) is 0. The molecule has 0 saturated carbocycles. The molecule has 0 spiro atoms. The Hall–Kier alpha value is -1.13. The first-order chi connectivity index (χ1) is 8.20. The first-order valence-electron chi connectivity index (χ1n) is 6.14. The molecule has 4 nitrogen and oxygen atoms in total. The van der Waals surface area contributed by atoms with E-state index in [1.54, 1.807) is 22.9 Å². The summed E-state index contributed by atoms with van der Waals surface area (Å²) in [6.45, 7) is 8.11. The van der Waals surface area contributed by atoms with E-state index in [0.717, 1.165) is 26.3 Å². The van der Waals surface area contributed by atoms with Crippen LogP contribution >= 0.6 is 0 Å². The van der Waals surface area contributed by atoms with Crippen molar-refractivity contribution in [1.29, 1.82) is 0 Å². The zero-order valence-electron chi connectivity index (χ0n) is 10.7. The highest BCUT2D eigenvalue weighted by Gasteiger charge is 1.95. The van der Waals surface area contributed by atoms with Crippen molar-refractivity contribution in [3.8, 4) is 0 Å². The van der Waals surface area contributed by atoms with Crippen LogP contribution in [0.25, 0.3) is 0 Å². The molecular weight excluding hydrogens is 216 g/mol. The Balaban J connectivity index is 2.05. The molecule has 0 amide bonds. The predicted octanol–water partition coefficient (Wildman–Crippen LogP) is 1.11. The summed E-state index contributed by atoms with van der Waals surface area (Å²) < 4.78 is 7.14. The fourth-order valence-corrected chi connectivity index (χ4v) is 1.43. The summed E-state index contributed by atoms with van der Waals surface area (Å²) in [4.78, 5) is 11.4. The second-order valence-electron chi connectivity index (χ2n) is 4.45. The monoisotopic (exact) mass is 238 g/mol. The van der Waals surface area contributed by atoms with E-state index in [4.69, 9.17) is 4.74 Å². The maximum atomic E-state index is 11.4. The van der Waals surface area contributed by atoms with E-state index < -0.39 is 0 Å². The lowest BCUT2D eigenvalue weighted by atomic mass is 10.2. The summed E-state index contributed by atoms with van der Waals surface area (Å²) in [6.07, 6.45) is 1.80. The fourth-order valence-electron chi connectivity index (χ4n) is 1.43. The van der Waals surface area contributed by atoms with Crippen molar-refractivity contribution < 1.29 is 4.74 Å². The normalized spacial score (nSPS) is 11.0. The van der Waals surface area contributed by atoms with Crippen LogP contribution in [0.4, 0.5) is 0 Å². The van der Waals surface area contributed by atoms with Crippen molar-refractivity contribution in [2.45, 2.75) is 20.4 Å². The van der Waals surface area contributed by atoms with E-state index in [0.29, 0.717) is 12.5 Å². The van der Waals surface area contributed by atoms with Gasteiger partial charge in [-0.3, -0.25) is 4.79 Å². The van der Waals surface area contributed by atoms with Gasteiger partial charge in [-0.15, -0.1) is 0 Å². The molecule has 96 valence electrons. The molecule has 1 aromatic rings. The molecule has 1 aromatic heterocycles.